The van der Waals surface area contributed by atoms with Gasteiger partial charge in [-0.05, 0) is 0 Å². The highest BCUT2D eigenvalue weighted by Gasteiger charge is 2.46. The van der Waals surface area contributed by atoms with Gasteiger partial charge >= 0.3 is 0 Å². The van der Waals surface area contributed by atoms with E-state index in [4.69, 9.17) is 10.2 Å². The van der Waals surface area contributed by atoms with Gasteiger partial charge in [0.2, 0.25) is 5.79 Å². The van der Waals surface area contributed by atoms with Crippen molar-refractivity contribution in [1.29, 1.82) is 0 Å². The highest BCUT2D eigenvalue weighted by Crippen LogP contribution is 2.28. The monoisotopic (exact) mass is 166 g/mol. The Balaban J connectivity index is 2.57. The first-order valence-corrected chi connectivity index (χ1v) is 3.37. The Morgan fingerprint density at radius 2 is 2.27 bits per heavy atom. The molecule has 1 aliphatic rings. The number of hydrogen-bond donors (Lipinski definition) is 3. The second-order valence-electron chi connectivity index (χ2n) is 2.65. The first-order valence-electron chi connectivity index (χ1n) is 3.37. The summed E-state index contributed by atoms with van der Waals surface area (Å²) in [5.74, 6) is -1.96. The highest BCUT2D eigenvalue weighted by molar-refractivity contribution is 4.87. The maximum Gasteiger partial charge on any atom is 0.216 e. The summed E-state index contributed by atoms with van der Waals surface area (Å²) in [5.41, 5.74) is 0. The number of aliphatic hydroxyl groups excluding tert-OH is 2. The molecule has 0 spiro atoms. The summed E-state index contributed by atoms with van der Waals surface area (Å²) < 4.78 is 16.6. The van der Waals surface area contributed by atoms with Gasteiger partial charge < -0.3 is 20.1 Å². The molecule has 0 aromatic carbocycles. The van der Waals surface area contributed by atoms with Crippen LogP contribution in [0.5, 0.6) is 0 Å². The van der Waals surface area contributed by atoms with E-state index >= 15 is 0 Å². The van der Waals surface area contributed by atoms with E-state index in [0.717, 1.165) is 0 Å². The van der Waals surface area contributed by atoms with E-state index in [-0.39, 0.29) is 6.42 Å². The second kappa shape index (κ2) is 3.02. The largest absolute Gasteiger partial charge is 0.391 e. The van der Waals surface area contributed by atoms with Gasteiger partial charge in [-0.25, -0.2) is 4.39 Å². The molecular formula is C6H11FO4. The zero-order valence-corrected chi connectivity index (χ0v) is 5.90. The van der Waals surface area contributed by atoms with Crippen LogP contribution in [0.15, 0.2) is 0 Å². The minimum atomic E-state index is -1.96. The zero-order valence-electron chi connectivity index (χ0n) is 5.90. The van der Waals surface area contributed by atoms with E-state index in [1.54, 1.807) is 0 Å². The van der Waals surface area contributed by atoms with Gasteiger partial charge in [-0.3, -0.25) is 0 Å². The number of rotatable bonds is 2. The lowest BCUT2D eigenvalue weighted by molar-refractivity contribution is -0.246. The molecular weight excluding hydrogens is 155 g/mol. The third-order valence-corrected chi connectivity index (χ3v) is 1.78. The summed E-state index contributed by atoms with van der Waals surface area (Å²) in [4.78, 5) is 0. The van der Waals surface area contributed by atoms with Crippen molar-refractivity contribution in [2.24, 2.45) is 0 Å². The summed E-state index contributed by atoms with van der Waals surface area (Å²) in [7, 11) is 0. The first kappa shape index (κ1) is 8.86. The number of aliphatic hydroxyl groups is 3. The van der Waals surface area contributed by atoms with E-state index < -0.39 is 31.3 Å². The molecule has 1 aliphatic heterocycles. The van der Waals surface area contributed by atoms with Crippen LogP contribution in [0.1, 0.15) is 6.42 Å². The molecule has 3 N–H and O–H groups in total. The first-order chi connectivity index (χ1) is 5.12. The van der Waals surface area contributed by atoms with Gasteiger partial charge in [0.1, 0.15) is 12.8 Å². The minimum absolute atomic E-state index is 0.0214. The fourth-order valence-corrected chi connectivity index (χ4v) is 1.09. The molecule has 1 heterocycles. The van der Waals surface area contributed by atoms with Crippen molar-refractivity contribution < 1.29 is 24.4 Å². The maximum atomic E-state index is 11.9. The van der Waals surface area contributed by atoms with Gasteiger partial charge in [-0.15, -0.1) is 0 Å². The SMILES string of the molecule is OCC1(O)O[C@H](CF)C[C@@H]1O. The molecule has 4 nitrogen and oxygen atoms in total. The molecule has 0 aliphatic carbocycles. The molecule has 3 atom stereocenters. The van der Waals surface area contributed by atoms with Crippen molar-refractivity contribution >= 4 is 0 Å². The average molecular weight is 166 g/mol. The molecule has 1 fully saturated rings. The third-order valence-electron chi connectivity index (χ3n) is 1.78. The summed E-state index contributed by atoms with van der Waals surface area (Å²) >= 11 is 0. The minimum Gasteiger partial charge on any atom is -0.391 e. The van der Waals surface area contributed by atoms with Gasteiger partial charge in [0, 0.05) is 6.42 Å². The molecule has 5 heteroatoms. The Morgan fingerprint density at radius 1 is 1.64 bits per heavy atom. The number of alkyl halides is 1. The van der Waals surface area contributed by atoms with E-state index in [9.17, 15) is 9.50 Å². The van der Waals surface area contributed by atoms with Crippen molar-refractivity contribution in [2.75, 3.05) is 13.3 Å². The van der Waals surface area contributed by atoms with E-state index in [2.05, 4.69) is 4.74 Å². The Labute approximate surface area is 63.2 Å². The maximum absolute atomic E-state index is 11.9. The molecule has 0 saturated carbocycles. The van der Waals surface area contributed by atoms with Crippen LogP contribution in [0.4, 0.5) is 4.39 Å². The molecule has 66 valence electrons. The summed E-state index contributed by atoms with van der Waals surface area (Å²) in [6.07, 6.45) is -1.98. The third kappa shape index (κ3) is 1.51. The van der Waals surface area contributed by atoms with Crippen LogP contribution in [0.2, 0.25) is 0 Å². The molecule has 1 rings (SSSR count). The molecule has 11 heavy (non-hydrogen) atoms. The van der Waals surface area contributed by atoms with E-state index in [1.807, 2.05) is 0 Å². The van der Waals surface area contributed by atoms with Crippen molar-refractivity contribution in [3.63, 3.8) is 0 Å². The molecule has 1 saturated heterocycles. The van der Waals surface area contributed by atoms with Crippen molar-refractivity contribution in [3.05, 3.63) is 0 Å². The Hall–Kier alpha value is -0.230. The van der Waals surface area contributed by atoms with Gasteiger partial charge in [-0.2, -0.15) is 0 Å². The number of ether oxygens (including phenoxy) is 1. The second-order valence-corrected chi connectivity index (χ2v) is 2.65. The van der Waals surface area contributed by atoms with Crippen LogP contribution < -0.4 is 0 Å². The van der Waals surface area contributed by atoms with Gasteiger partial charge in [-0.1, -0.05) is 0 Å². The van der Waals surface area contributed by atoms with Crippen molar-refractivity contribution in [1.82, 2.24) is 0 Å². The van der Waals surface area contributed by atoms with E-state index in [0.29, 0.717) is 0 Å². The van der Waals surface area contributed by atoms with Gasteiger partial charge in [0.05, 0.1) is 12.7 Å². The molecule has 0 bridgehead atoms. The van der Waals surface area contributed by atoms with E-state index in [1.165, 1.54) is 0 Å². The van der Waals surface area contributed by atoms with Gasteiger partial charge in [0.15, 0.2) is 0 Å². The molecule has 1 unspecified atom stereocenters. The molecule has 0 radical (unpaired) electrons. The average Bonchev–Trinajstić information content (AvgIpc) is 2.29. The Kier molecular flexibility index (Phi) is 2.43. The van der Waals surface area contributed by atoms with Crippen LogP contribution >= 0.6 is 0 Å². The fourth-order valence-electron chi connectivity index (χ4n) is 1.09. The quantitative estimate of drug-likeness (QED) is 0.481. The summed E-state index contributed by atoms with van der Waals surface area (Å²) in [6, 6.07) is 0. The van der Waals surface area contributed by atoms with Crippen LogP contribution in [-0.2, 0) is 4.74 Å². The highest BCUT2D eigenvalue weighted by atomic mass is 19.1. The Morgan fingerprint density at radius 3 is 2.55 bits per heavy atom. The predicted octanol–water partition coefficient (Wildman–Crippen LogP) is -1.21. The lowest BCUT2D eigenvalue weighted by Crippen LogP contribution is -2.42. The van der Waals surface area contributed by atoms with Crippen molar-refractivity contribution in [3.8, 4) is 0 Å². The fraction of sp³-hybridized carbons (Fsp3) is 1.00. The lowest BCUT2D eigenvalue weighted by atomic mass is 10.1. The molecule has 0 aromatic rings. The van der Waals surface area contributed by atoms with Crippen LogP contribution in [0.25, 0.3) is 0 Å². The lowest BCUT2D eigenvalue weighted by Gasteiger charge is -2.22. The Bertz CT molecular complexity index is 143. The van der Waals surface area contributed by atoms with Crippen LogP contribution in [-0.4, -0.2) is 46.6 Å². The molecule has 0 amide bonds. The number of halogens is 1. The zero-order chi connectivity index (χ0) is 8.48. The normalized spacial score (nSPS) is 44.7. The molecule has 0 aromatic heterocycles. The summed E-state index contributed by atoms with van der Waals surface area (Å²) in [5, 5.41) is 26.8. The van der Waals surface area contributed by atoms with Gasteiger partial charge in [0.25, 0.3) is 0 Å². The van der Waals surface area contributed by atoms with Crippen molar-refractivity contribution in [2.45, 2.75) is 24.4 Å². The smallest absolute Gasteiger partial charge is 0.216 e. The van der Waals surface area contributed by atoms with Crippen LogP contribution in [0.3, 0.4) is 0 Å². The van der Waals surface area contributed by atoms with Crippen LogP contribution in [0, 0.1) is 0 Å². The predicted molar refractivity (Wildman–Crippen MR) is 33.5 cm³/mol. The standard InChI is InChI=1S/C6H11FO4/c7-2-4-1-5(9)6(10,3-8)11-4/h4-5,8-10H,1-3H2/t4-,5-,6?/m0/s1. The summed E-state index contributed by atoms with van der Waals surface area (Å²) in [6.45, 7) is -1.48. The number of hydrogen-bond acceptors (Lipinski definition) is 4. The topological polar surface area (TPSA) is 69.9 Å².